The van der Waals surface area contributed by atoms with E-state index in [0.29, 0.717) is 23.6 Å². The van der Waals surface area contributed by atoms with Crippen LogP contribution in [0.2, 0.25) is 5.02 Å². The molecule has 1 heterocycles. The number of ether oxygens (including phenoxy) is 2. The van der Waals surface area contributed by atoms with Crippen molar-refractivity contribution in [2.24, 2.45) is 0 Å². The maximum atomic E-state index is 12.0. The van der Waals surface area contributed by atoms with Crippen molar-refractivity contribution >= 4 is 23.5 Å². The highest BCUT2D eigenvalue weighted by atomic mass is 35.5. The van der Waals surface area contributed by atoms with Crippen LogP contribution in [0.4, 0.5) is 0 Å². The average Bonchev–Trinajstić information content (AvgIpc) is 2.70. The second kappa shape index (κ2) is 9.74. The van der Waals surface area contributed by atoms with Gasteiger partial charge in [-0.3, -0.25) is 4.79 Å². The van der Waals surface area contributed by atoms with E-state index < -0.39 is 24.2 Å². The van der Waals surface area contributed by atoms with E-state index in [4.69, 9.17) is 21.1 Å². The van der Waals surface area contributed by atoms with Gasteiger partial charge in [0.05, 0.1) is 12.2 Å². The summed E-state index contributed by atoms with van der Waals surface area (Å²) in [5.74, 6) is -0.677. The molecule has 0 bridgehead atoms. The first kappa shape index (κ1) is 25.1. The van der Waals surface area contributed by atoms with Crippen molar-refractivity contribution in [1.29, 1.82) is 0 Å². The van der Waals surface area contributed by atoms with Gasteiger partial charge in [-0.05, 0) is 41.7 Å². The van der Waals surface area contributed by atoms with Crippen LogP contribution in [0.25, 0.3) is 0 Å². The zero-order chi connectivity index (χ0) is 24.4. The first-order valence-electron chi connectivity index (χ1n) is 11.0. The zero-order valence-corrected chi connectivity index (χ0v) is 20.5. The molecule has 7 heteroatoms. The molecule has 2 aromatic carbocycles. The van der Waals surface area contributed by atoms with E-state index in [1.54, 1.807) is 0 Å². The van der Waals surface area contributed by atoms with Gasteiger partial charge in [-0.25, -0.2) is 4.79 Å². The molecule has 3 atom stereocenters. The quantitative estimate of drug-likeness (QED) is 0.571. The van der Waals surface area contributed by atoms with E-state index in [9.17, 15) is 14.7 Å². The Morgan fingerprint density at radius 3 is 2.36 bits per heavy atom. The monoisotopic (exact) mass is 473 g/mol. The number of hydrogen-bond donors (Lipinski definition) is 2. The SMILES string of the molecule is CC(=O)N[C@]1(C)C[C@@H](c2ccc(Cl)cc2)O[C@@H](c2ccc(C(C)(C)C)cc2OCC(=O)O)C1. The molecule has 1 fully saturated rings. The van der Waals surface area contributed by atoms with Gasteiger partial charge in [-0.15, -0.1) is 0 Å². The highest BCUT2D eigenvalue weighted by Gasteiger charge is 2.41. The number of benzene rings is 2. The summed E-state index contributed by atoms with van der Waals surface area (Å²) in [6.45, 7) is 9.33. The van der Waals surface area contributed by atoms with E-state index >= 15 is 0 Å². The Bertz CT molecular complexity index is 1010. The largest absolute Gasteiger partial charge is 0.482 e. The molecule has 3 rings (SSSR count). The summed E-state index contributed by atoms with van der Waals surface area (Å²) in [6, 6.07) is 13.3. The summed E-state index contributed by atoms with van der Waals surface area (Å²) < 4.78 is 12.2. The highest BCUT2D eigenvalue weighted by molar-refractivity contribution is 6.30. The van der Waals surface area contributed by atoms with Gasteiger partial charge in [0.1, 0.15) is 5.75 Å². The van der Waals surface area contributed by atoms with Crippen LogP contribution in [-0.2, 0) is 19.7 Å². The standard InChI is InChI=1S/C26H32ClNO5/c1-16(29)28-26(5)13-22(17-6-9-19(27)10-7-17)33-23(14-26)20-11-8-18(25(2,3)4)12-21(20)32-15-24(30)31/h6-12,22-23H,13-15H2,1-5H3,(H,28,29)(H,30,31)/t22-,23+,26+/m0/s1. The Hall–Kier alpha value is -2.57. The molecule has 2 N–H and O–H groups in total. The Morgan fingerprint density at radius 1 is 1.15 bits per heavy atom. The number of nitrogens with one attached hydrogen (secondary N) is 1. The van der Waals surface area contributed by atoms with Gasteiger partial charge in [0, 0.05) is 35.9 Å². The van der Waals surface area contributed by atoms with Gasteiger partial charge in [0.25, 0.3) is 0 Å². The second-order valence-electron chi connectivity index (χ2n) is 10.0. The molecule has 1 aliphatic heterocycles. The number of carbonyl (C=O) groups is 2. The van der Waals surface area contributed by atoms with Crippen LogP contribution >= 0.6 is 11.6 Å². The lowest BCUT2D eigenvalue weighted by Gasteiger charge is -2.43. The Labute approximate surface area is 200 Å². The molecular formula is C26H32ClNO5. The topological polar surface area (TPSA) is 84.9 Å². The van der Waals surface area contributed by atoms with Crippen LogP contribution in [0.5, 0.6) is 5.75 Å². The summed E-state index contributed by atoms with van der Waals surface area (Å²) in [6.07, 6.45) is 0.423. The predicted molar refractivity (Wildman–Crippen MR) is 128 cm³/mol. The van der Waals surface area contributed by atoms with Gasteiger partial charge in [0.2, 0.25) is 5.91 Å². The van der Waals surface area contributed by atoms with Crippen molar-refractivity contribution < 1.29 is 24.2 Å². The molecule has 2 aromatic rings. The van der Waals surface area contributed by atoms with E-state index in [0.717, 1.165) is 16.7 Å². The Kier molecular flexibility index (Phi) is 7.39. The lowest BCUT2D eigenvalue weighted by Crippen LogP contribution is -2.50. The molecule has 0 spiro atoms. The third-order valence-electron chi connectivity index (χ3n) is 5.90. The van der Waals surface area contributed by atoms with Crippen LogP contribution in [0.15, 0.2) is 42.5 Å². The molecule has 1 amide bonds. The maximum absolute atomic E-state index is 12.0. The van der Waals surface area contributed by atoms with Gasteiger partial charge >= 0.3 is 5.97 Å². The van der Waals surface area contributed by atoms with Crippen molar-refractivity contribution in [3.8, 4) is 5.75 Å². The minimum atomic E-state index is -1.05. The maximum Gasteiger partial charge on any atom is 0.341 e. The minimum Gasteiger partial charge on any atom is -0.482 e. The first-order chi connectivity index (χ1) is 15.4. The summed E-state index contributed by atoms with van der Waals surface area (Å²) in [4.78, 5) is 23.2. The number of amides is 1. The Morgan fingerprint density at radius 2 is 1.79 bits per heavy atom. The smallest absolute Gasteiger partial charge is 0.341 e. The molecule has 0 saturated carbocycles. The fraction of sp³-hybridized carbons (Fsp3) is 0.462. The molecule has 1 aliphatic rings. The number of carboxylic acids is 1. The third-order valence-corrected chi connectivity index (χ3v) is 6.15. The lowest BCUT2D eigenvalue weighted by atomic mass is 9.80. The van der Waals surface area contributed by atoms with E-state index in [1.807, 2.05) is 49.4 Å². The summed E-state index contributed by atoms with van der Waals surface area (Å²) in [5.41, 5.74) is 2.09. The van der Waals surface area contributed by atoms with E-state index in [1.165, 1.54) is 6.92 Å². The Balaban J connectivity index is 2.03. The van der Waals surface area contributed by atoms with Crippen molar-refractivity contribution in [2.75, 3.05) is 6.61 Å². The average molecular weight is 474 g/mol. The first-order valence-corrected chi connectivity index (χ1v) is 11.4. The van der Waals surface area contributed by atoms with Crippen LogP contribution in [0, 0.1) is 0 Å². The molecule has 6 nitrogen and oxygen atoms in total. The van der Waals surface area contributed by atoms with Gasteiger partial charge < -0.3 is 19.9 Å². The normalized spacial score (nSPS) is 23.1. The molecular weight excluding hydrogens is 442 g/mol. The lowest BCUT2D eigenvalue weighted by molar-refractivity contribution is -0.139. The number of carbonyl (C=O) groups excluding carboxylic acids is 1. The number of halogens is 1. The van der Waals surface area contributed by atoms with Gasteiger partial charge in [-0.2, -0.15) is 0 Å². The molecule has 0 aromatic heterocycles. The van der Waals surface area contributed by atoms with Crippen LogP contribution in [0.3, 0.4) is 0 Å². The molecule has 0 unspecified atom stereocenters. The predicted octanol–water partition coefficient (Wildman–Crippen LogP) is 5.59. The van der Waals surface area contributed by atoms with Crippen molar-refractivity contribution in [3.63, 3.8) is 0 Å². The molecule has 0 radical (unpaired) electrons. The van der Waals surface area contributed by atoms with Crippen LogP contribution in [0.1, 0.15) is 76.4 Å². The number of carboxylic acid groups (broad SMARTS) is 1. The minimum absolute atomic E-state index is 0.113. The van der Waals surface area contributed by atoms with E-state index in [2.05, 4.69) is 26.1 Å². The van der Waals surface area contributed by atoms with Crippen LogP contribution < -0.4 is 10.1 Å². The molecule has 33 heavy (non-hydrogen) atoms. The number of hydrogen-bond acceptors (Lipinski definition) is 4. The third kappa shape index (κ3) is 6.49. The second-order valence-corrected chi connectivity index (χ2v) is 10.4. The van der Waals surface area contributed by atoms with Crippen molar-refractivity contribution in [1.82, 2.24) is 5.32 Å². The van der Waals surface area contributed by atoms with Gasteiger partial charge in [0.15, 0.2) is 6.61 Å². The molecule has 178 valence electrons. The molecule has 1 saturated heterocycles. The zero-order valence-electron chi connectivity index (χ0n) is 19.8. The van der Waals surface area contributed by atoms with Crippen LogP contribution in [-0.4, -0.2) is 29.1 Å². The van der Waals surface area contributed by atoms with E-state index in [-0.39, 0.29) is 17.4 Å². The van der Waals surface area contributed by atoms with Crippen molar-refractivity contribution in [2.45, 2.75) is 70.6 Å². The van der Waals surface area contributed by atoms with Crippen molar-refractivity contribution in [3.05, 3.63) is 64.2 Å². The summed E-state index contributed by atoms with van der Waals surface area (Å²) >= 11 is 6.07. The fourth-order valence-corrected chi connectivity index (χ4v) is 4.44. The number of aliphatic carboxylic acids is 1. The van der Waals surface area contributed by atoms with Gasteiger partial charge in [-0.1, -0.05) is 56.6 Å². The fourth-order valence-electron chi connectivity index (χ4n) is 4.31. The summed E-state index contributed by atoms with van der Waals surface area (Å²) in [7, 11) is 0. The number of rotatable bonds is 6. The molecule has 0 aliphatic carbocycles. The summed E-state index contributed by atoms with van der Waals surface area (Å²) in [5, 5.41) is 12.9. The highest BCUT2D eigenvalue weighted by Crippen LogP contribution is 2.46.